The van der Waals surface area contributed by atoms with Crippen molar-refractivity contribution in [2.24, 2.45) is 5.92 Å². The second-order valence-electron chi connectivity index (χ2n) is 8.06. The molecular weight excluding hydrogens is 302 g/mol. The van der Waals surface area contributed by atoms with Crippen LogP contribution in [-0.2, 0) is 0 Å². The number of likely N-dealkylation sites (tertiary alicyclic amines) is 1. The fraction of sp³-hybridized carbons (Fsp3) is 0.632. The molecular formula is C19H23N3O2. The summed E-state index contributed by atoms with van der Waals surface area (Å²) in [7, 11) is 0. The third kappa shape index (κ3) is 2.10. The minimum atomic E-state index is 0.154. The minimum absolute atomic E-state index is 0.154. The summed E-state index contributed by atoms with van der Waals surface area (Å²) in [5.41, 5.74) is 3.16. The average Bonchev–Trinajstić information content (AvgIpc) is 3.02. The van der Waals surface area contributed by atoms with Gasteiger partial charge in [0.25, 0.3) is 11.6 Å². The molecule has 0 N–H and O–H groups in total. The van der Waals surface area contributed by atoms with Gasteiger partial charge >= 0.3 is 0 Å². The summed E-state index contributed by atoms with van der Waals surface area (Å²) < 4.78 is 5.51. The minimum Gasteiger partial charge on any atom is -0.335 e. The van der Waals surface area contributed by atoms with Crippen LogP contribution in [0, 0.1) is 5.92 Å². The van der Waals surface area contributed by atoms with Crippen molar-refractivity contribution in [3.05, 3.63) is 23.0 Å². The Bertz CT molecular complexity index is 821. The van der Waals surface area contributed by atoms with Gasteiger partial charge in [0, 0.05) is 24.2 Å². The molecule has 2 bridgehead atoms. The van der Waals surface area contributed by atoms with Gasteiger partial charge in [0.1, 0.15) is 0 Å². The molecule has 126 valence electrons. The number of piperidine rings is 1. The van der Waals surface area contributed by atoms with E-state index < -0.39 is 0 Å². The summed E-state index contributed by atoms with van der Waals surface area (Å²) in [5.74, 6) is 1.55. The van der Waals surface area contributed by atoms with Gasteiger partial charge in [-0.3, -0.25) is 4.79 Å². The van der Waals surface area contributed by atoms with Crippen molar-refractivity contribution in [2.45, 2.75) is 63.8 Å². The Morgan fingerprint density at radius 1 is 1.29 bits per heavy atom. The number of carbonyl (C=O) groups is 1. The monoisotopic (exact) mass is 325 g/mol. The standard InChI is InChI=1S/C19H23N3O2/c1-10(2)17-16-14(19(23)22-9-11-3-6-13(22)7-11)8-15(12-4-5-12)20-18(16)24-21-17/h8,10-13H,3-7,9H2,1-2H3/t11-,13+/m0/s1. The van der Waals surface area contributed by atoms with Gasteiger partial charge in [0.15, 0.2) is 0 Å². The zero-order valence-corrected chi connectivity index (χ0v) is 14.3. The molecule has 3 heterocycles. The lowest BCUT2D eigenvalue weighted by atomic mass is 10.0. The summed E-state index contributed by atoms with van der Waals surface area (Å²) in [6, 6.07) is 2.45. The number of carbonyl (C=O) groups excluding carboxylic acids is 1. The third-order valence-electron chi connectivity index (χ3n) is 5.94. The van der Waals surface area contributed by atoms with Crippen molar-refractivity contribution >= 4 is 17.0 Å². The van der Waals surface area contributed by atoms with Gasteiger partial charge in [-0.25, -0.2) is 4.98 Å². The second kappa shape index (κ2) is 5.04. The Hall–Kier alpha value is -1.91. The Morgan fingerprint density at radius 3 is 2.75 bits per heavy atom. The molecule has 1 aliphatic heterocycles. The van der Waals surface area contributed by atoms with Crippen LogP contribution in [0.4, 0.5) is 0 Å². The lowest BCUT2D eigenvalue weighted by molar-refractivity contribution is 0.0705. The molecule has 2 saturated carbocycles. The van der Waals surface area contributed by atoms with Crippen molar-refractivity contribution < 1.29 is 9.32 Å². The lowest BCUT2D eigenvalue weighted by Gasteiger charge is -2.27. The van der Waals surface area contributed by atoms with Crippen LogP contribution in [0.2, 0.25) is 0 Å². The van der Waals surface area contributed by atoms with Gasteiger partial charge in [-0.05, 0) is 50.0 Å². The molecule has 5 rings (SSSR count). The fourth-order valence-corrected chi connectivity index (χ4v) is 4.47. The number of amides is 1. The molecule has 2 atom stereocenters. The van der Waals surface area contributed by atoms with Crippen LogP contribution < -0.4 is 0 Å². The number of hydrogen-bond acceptors (Lipinski definition) is 4. The van der Waals surface area contributed by atoms with Crippen molar-refractivity contribution in [3.63, 3.8) is 0 Å². The van der Waals surface area contributed by atoms with E-state index in [4.69, 9.17) is 4.52 Å². The molecule has 0 radical (unpaired) electrons. The first kappa shape index (κ1) is 14.4. The largest absolute Gasteiger partial charge is 0.335 e. The quantitative estimate of drug-likeness (QED) is 0.860. The topological polar surface area (TPSA) is 59.2 Å². The van der Waals surface area contributed by atoms with Gasteiger partial charge in [0.05, 0.1) is 16.6 Å². The van der Waals surface area contributed by atoms with E-state index in [-0.39, 0.29) is 11.8 Å². The number of aromatic nitrogens is 2. The summed E-state index contributed by atoms with van der Waals surface area (Å²) in [6.07, 6.45) is 5.92. The van der Waals surface area contributed by atoms with Gasteiger partial charge in [-0.2, -0.15) is 0 Å². The van der Waals surface area contributed by atoms with Crippen molar-refractivity contribution in [1.29, 1.82) is 0 Å². The normalized spacial score (nSPS) is 26.0. The van der Waals surface area contributed by atoms with Crippen LogP contribution in [0.5, 0.6) is 0 Å². The third-order valence-corrected chi connectivity index (χ3v) is 5.94. The summed E-state index contributed by atoms with van der Waals surface area (Å²) >= 11 is 0. The highest BCUT2D eigenvalue weighted by Gasteiger charge is 2.41. The van der Waals surface area contributed by atoms with E-state index in [1.165, 1.54) is 12.8 Å². The Balaban J connectivity index is 1.64. The molecule has 1 amide bonds. The molecule has 5 nitrogen and oxygen atoms in total. The molecule has 0 aromatic carbocycles. The Labute approximate surface area is 141 Å². The van der Waals surface area contributed by atoms with Crippen LogP contribution in [0.3, 0.4) is 0 Å². The van der Waals surface area contributed by atoms with E-state index in [0.29, 0.717) is 23.6 Å². The maximum absolute atomic E-state index is 13.3. The SMILES string of the molecule is CC(C)c1noc2nc(C3CC3)cc(C(=O)N3C[C@H]4CC[C@@H]3C4)c12. The zero-order chi connectivity index (χ0) is 16.4. The summed E-state index contributed by atoms with van der Waals surface area (Å²) in [6.45, 7) is 5.07. The van der Waals surface area contributed by atoms with Gasteiger partial charge in [0.2, 0.25) is 0 Å². The van der Waals surface area contributed by atoms with Crippen LogP contribution in [-0.4, -0.2) is 33.5 Å². The zero-order valence-electron chi connectivity index (χ0n) is 14.3. The lowest BCUT2D eigenvalue weighted by Crippen LogP contribution is -2.37. The van der Waals surface area contributed by atoms with E-state index in [2.05, 4.69) is 28.9 Å². The van der Waals surface area contributed by atoms with Gasteiger partial charge in [-0.15, -0.1) is 0 Å². The summed E-state index contributed by atoms with van der Waals surface area (Å²) in [5, 5.41) is 5.06. The van der Waals surface area contributed by atoms with Crippen LogP contribution in [0.25, 0.3) is 11.1 Å². The van der Waals surface area contributed by atoms with Crippen molar-refractivity contribution in [2.75, 3.05) is 6.54 Å². The van der Waals surface area contributed by atoms with Crippen LogP contribution in [0.15, 0.2) is 10.6 Å². The van der Waals surface area contributed by atoms with E-state index in [9.17, 15) is 4.79 Å². The van der Waals surface area contributed by atoms with E-state index in [1.54, 1.807) is 0 Å². The summed E-state index contributed by atoms with van der Waals surface area (Å²) in [4.78, 5) is 20.1. The van der Waals surface area contributed by atoms with Crippen LogP contribution in [0.1, 0.15) is 79.5 Å². The maximum atomic E-state index is 13.3. The molecule has 2 aliphatic carbocycles. The first-order chi connectivity index (χ1) is 11.6. The maximum Gasteiger partial charge on any atom is 0.259 e. The fourth-order valence-electron chi connectivity index (χ4n) is 4.47. The van der Waals surface area contributed by atoms with Gasteiger partial charge in [-0.1, -0.05) is 19.0 Å². The molecule has 24 heavy (non-hydrogen) atoms. The first-order valence-corrected chi connectivity index (χ1v) is 9.23. The molecule has 0 unspecified atom stereocenters. The number of pyridine rings is 1. The Kier molecular flexibility index (Phi) is 3.03. The smallest absolute Gasteiger partial charge is 0.259 e. The first-order valence-electron chi connectivity index (χ1n) is 9.23. The Morgan fingerprint density at radius 2 is 2.12 bits per heavy atom. The average molecular weight is 325 g/mol. The highest BCUT2D eigenvalue weighted by atomic mass is 16.5. The van der Waals surface area contributed by atoms with Gasteiger partial charge < -0.3 is 9.42 Å². The molecule has 3 fully saturated rings. The highest BCUT2D eigenvalue weighted by molar-refractivity contribution is 6.06. The predicted molar refractivity (Wildman–Crippen MR) is 90.0 cm³/mol. The van der Waals surface area contributed by atoms with Crippen LogP contribution >= 0.6 is 0 Å². The van der Waals surface area contributed by atoms with Crippen molar-refractivity contribution in [3.8, 4) is 0 Å². The van der Waals surface area contributed by atoms with Crippen molar-refractivity contribution in [1.82, 2.24) is 15.0 Å². The number of nitrogens with zero attached hydrogens (tertiary/aromatic N) is 3. The predicted octanol–water partition coefficient (Wildman–Crippen LogP) is 3.85. The molecule has 3 aliphatic rings. The highest BCUT2D eigenvalue weighted by Crippen LogP contribution is 2.42. The van der Waals surface area contributed by atoms with E-state index in [0.717, 1.165) is 48.1 Å². The van der Waals surface area contributed by atoms with E-state index >= 15 is 0 Å². The second-order valence-corrected chi connectivity index (χ2v) is 8.06. The molecule has 1 saturated heterocycles. The molecule has 0 spiro atoms. The number of hydrogen-bond donors (Lipinski definition) is 0. The number of fused-ring (bicyclic) bond motifs is 3. The number of rotatable bonds is 3. The molecule has 5 heteroatoms. The van der Waals surface area contributed by atoms with E-state index in [1.807, 2.05) is 6.07 Å². The molecule has 2 aromatic rings. The molecule has 2 aromatic heterocycles.